The summed E-state index contributed by atoms with van der Waals surface area (Å²) in [6, 6.07) is 7.68. The number of allylic oxidation sites excluding steroid dienone is 2. The Kier molecular flexibility index (Phi) is 6.65. The number of amides is 1. The summed E-state index contributed by atoms with van der Waals surface area (Å²) in [5, 5.41) is 0. The van der Waals surface area contributed by atoms with Crippen molar-refractivity contribution in [1.29, 1.82) is 0 Å². The average Bonchev–Trinajstić information content (AvgIpc) is 2.76. The van der Waals surface area contributed by atoms with Crippen LogP contribution in [0.5, 0.6) is 5.75 Å². The van der Waals surface area contributed by atoms with Crippen LogP contribution in [0, 0.1) is 5.92 Å². The number of ether oxygens (including phenoxy) is 2. The van der Waals surface area contributed by atoms with E-state index < -0.39 is 0 Å². The van der Waals surface area contributed by atoms with Crippen molar-refractivity contribution in [2.75, 3.05) is 45.9 Å². The van der Waals surface area contributed by atoms with Crippen molar-refractivity contribution in [1.82, 2.24) is 9.80 Å². The molecular formula is C23H32N2O3. The molecule has 0 bridgehead atoms. The fraction of sp³-hybridized carbons (Fsp3) is 0.609. The maximum atomic E-state index is 12.7. The van der Waals surface area contributed by atoms with Gasteiger partial charge in [0.2, 0.25) is 0 Å². The van der Waals surface area contributed by atoms with Crippen LogP contribution in [0.4, 0.5) is 0 Å². The molecule has 5 heteroatoms. The Morgan fingerprint density at radius 3 is 2.64 bits per heavy atom. The van der Waals surface area contributed by atoms with Crippen molar-refractivity contribution in [3.05, 3.63) is 42.0 Å². The molecule has 0 radical (unpaired) electrons. The molecule has 2 saturated heterocycles. The summed E-state index contributed by atoms with van der Waals surface area (Å²) in [7, 11) is 0. The molecule has 0 saturated carbocycles. The first kappa shape index (κ1) is 19.5. The summed E-state index contributed by atoms with van der Waals surface area (Å²) in [6.45, 7) is 6.02. The van der Waals surface area contributed by atoms with Crippen LogP contribution >= 0.6 is 0 Å². The third-order valence-electron chi connectivity index (χ3n) is 6.11. The molecule has 2 aliphatic heterocycles. The number of nitrogens with zero attached hydrogens (tertiary/aromatic N) is 2. The van der Waals surface area contributed by atoms with Crippen molar-refractivity contribution in [3.8, 4) is 5.75 Å². The molecule has 4 rings (SSSR count). The predicted octanol–water partition coefficient (Wildman–Crippen LogP) is 3.36. The molecule has 2 heterocycles. The SMILES string of the molecule is O=C(c1cccc(OC2CCN(C[C@H]3CC=CCC3)CC2)c1)N1CCOCC1. The maximum absolute atomic E-state index is 12.7. The van der Waals surface area contributed by atoms with Gasteiger partial charge in [0, 0.05) is 38.3 Å². The molecule has 152 valence electrons. The molecule has 1 aliphatic carbocycles. The van der Waals surface area contributed by atoms with Gasteiger partial charge in [-0.15, -0.1) is 0 Å². The van der Waals surface area contributed by atoms with Crippen LogP contribution in [0.3, 0.4) is 0 Å². The van der Waals surface area contributed by atoms with E-state index in [1.54, 1.807) is 0 Å². The summed E-state index contributed by atoms with van der Waals surface area (Å²) in [6.07, 6.45) is 10.8. The van der Waals surface area contributed by atoms with Gasteiger partial charge < -0.3 is 19.3 Å². The van der Waals surface area contributed by atoms with Crippen molar-refractivity contribution in [3.63, 3.8) is 0 Å². The number of carbonyl (C=O) groups excluding carboxylic acids is 1. The zero-order valence-electron chi connectivity index (χ0n) is 16.7. The van der Waals surface area contributed by atoms with Crippen molar-refractivity contribution in [2.24, 2.45) is 5.92 Å². The maximum Gasteiger partial charge on any atom is 0.254 e. The molecule has 1 aromatic carbocycles. The fourth-order valence-electron chi connectivity index (χ4n) is 4.44. The van der Waals surface area contributed by atoms with Crippen molar-refractivity contribution in [2.45, 2.75) is 38.2 Å². The highest BCUT2D eigenvalue weighted by Gasteiger charge is 2.24. The molecule has 0 N–H and O–H groups in total. The van der Waals surface area contributed by atoms with E-state index in [0.717, 1.165) is 37.6 Å². The minimum atomic E-state index is 0.0742. The summed E-state index contributed by atoms with van der Waals surface area (Å²) >= 11 is 0. The number of piperidine rings is 1. The van der Waals surface area contributed by atoms with Gasteiger partial charge in [-0.2, -0.15) is 0 Å². The molecule has 5 nitrogen and oxygen atoms in total. The van der Waals surface area contributed by atoms with Crippen LogP contribution in [0.15, 0.2) is 36.4 Å². The van der Waals surface area contributed by atoms with Crippen LogP contribution in [0.2, 0.25) is 0 Å². The lowest BCUT2D eigenvalue weighted by Crippen LogP contribution is -2.41. The second kappa shape index (κ2) is 9.57. The molecule has 2 fully saturated rings. The molecule has 28 heavy (non-hydrogen) atoms. The zero-order valence-corrected chi connectivity index (χ0v) is 16.7. The van der Waals surface area contributed by atoms with Crippen LogP contribution in [0.1, 0.15) is 42.5 Å². The number of hydrogen-bond donors (Lipinski definition) is 0. The van der Waals surface area contributed by atoms with Crippen LogP contribution in [0.25, 0.3) is 0 Å². The highest BCUT2D eigenvalue weighted by Crippen LogP contribution is 2.24. The van der Waals surface area contributed by atoms with E-state index in [1.807, 2.05) is 29.2 Å². The van der Waals surface area contributed by atoms with Gasteiger partial charge in [-0.1, -0.05) is 18.2 Å². The van der Waals surface area contributed by atoms with E-state index in [4.69, 9.17) is 9.47 Å². The quantitative estimate of drug-likeness (QED) is 0.730. The minimum absolute atomic E-state index is 0.0742. The lowest BCUT2D eigenvalue weighted by molar-refractivity contribution is 0.0302. The molecule has 0 aromatic heterocycles. The van der Waals surface area contributed by atoms with Gasteiger partial charge >= 0.3 is 0 Å². The van der Waals surface area contributed by atoms with Crippen LogP contribution < -0.4 is 4.74 Å². The standard InChI is InChI=1S/C23H32N2O3/c26-23(25-13-15-27-16-14-25)20-7-4-8-22(17-20)28-21-9-11-24(12-10-21)18-19-5-2-1-3-6-19/h1-2,4,7-8,17,19,21H,3,5-6,9-16,18H2/t19-/m0/s1. The Morgan fingerprint density at radius 1 is 1.07 bits per heavy atom. The third-order valence-corrected chi connectivity index (χ3v) is 6.11. The van der Waals surface area contributed by atoms with Crippen LogP contribution in [-0.2, 0) is 4.74 Å². The molecule has 0 unspecified atom stereocenters. The lowest BCUT2D eigenvalue weighted by atomic mass is 9.93. The Morgan fingerprint density at radius 2 is 1.89 bits per heavy atom. The smallest absolute Gasteiger partial charge is 0.254 e. The lowest BCUT2D eigenvalue weighted by Gasteiger charge is -2.34. The summed E-state index contributed by atoms with van der Waals surface area (Å²) in [5.41, 5.74) is 0.710. The Hall–Kier alpha value is -1.85. The molecule has 1 aromatic rings. The first-order valence-electron chi connectivity index (χ1n) is 10.8. The number of hydrogen-bond acceptors (Lipinski definition) is 4. The van der Waals surface area contributed by atoms with Crippen molar-refractivity contribution < 1.29 is 14.3 Å². The van der Waals surface area contributed by atoms with Gasteiger partial charge in [0.15, 0.2) is 0 Å². The van der Waals surface area contributed by atoms with E-state index in [0.29, 0.717) is 31.9 Å². The van der Waals surface area contributed by atoms with Crippen molar-refractivity contribution >= 4 is 5.91 Å². The van der Waals surface area contributed by atoms with E-state index >= 15 is 0 Å². The predicted molar refractivity (Wildman–Crippen MR) is 110 cm³/mol. The second-order valence-electron chi connectivity index (χ2n) is 8.20. The number of carbonyl (C=O) groups is 1. The molecule has 1 amide bonds. The van der Waals surface area contributed by atoms with Gasteiger partial charge in [-0.25, -0.2) is 0 Å². The normalized spacial score (nSPS) is 24.3. The zero-order chi connectivity index (χ0) is 19.2. The molecule has 1 atom stereocenters. The Labute approximate surface area is 168 Å². The minimum Gasteiger partial charge on any atom is -0.490 e. The monoisotopic (exact) mass is 384 g/mol. The van der Waals surface area contributed by atoms with E-state index in [9.17, 15) is 4.79 Å². The van der Waals surface area contributed by atoms with Crippen LogP contribution in [-0.4, -0.2) is 67.7 Å². The van der Waals surface area contributed by atoms with Gasteiger partial charge in [0.05, 0.1) is 13.2 Å². The summed E-state index contributed by atoms with van der Waals surface area (Å²) < 4.78 is 11.6. The fourth-order valence-corrected chi connectivity index (χ4v) is 4.44. The van der Waals surface area contributed by atoms with Gasteiger partial charge in [-0.3, -0.25) is 4.79 Å². The highest BCUT2D eigenvalue weighted by atomic mass is 16.5. The topological polar surface area (TPSA) is 42.0 Å². The first-order chi connectivity index (χ1) is 13.8. The molecule has 3 aliphatic rings. The largest absolute Gasteiger partial charge is 0.490 e. The molecular weight excluding hydrogens is 352 g/mol. The van der Waals surface area contributed by atoms with E-state index in [-0.39, 0.29) is 12.0 Å². The highest BCUT2D eigenvalue weighted by molar-refractivity contribution is 5.94. The summed E-state index contributed by atoms with van der Waals surface area (Å²) in [5.74, 6) is 1.71. The number of likely N-dealkylation sites (tertiary alicyclic amines) is 1. The number of benzene rings is 1. The van der Waals surface area contributed by atoms with Gasteiger partial charge in [0.25, 0.3) is 5.91 Å². The average molecular weight is 385 g/mol. The number of morpholine rings is 1. The second-order valence-corrected chi connectivity index (χ2v) is 8.20. The first-order valence-corrected chi connectivity index (χ1v) is 10.8. The van der Waals surface area contributed by atoms with Gasteiger partial charge in [0.1, 0.15) is 11.9 Å². The third kappa shape index (κ3) is 5.15. The van der Waals surface area contributed by atoms with E-state index in [1.165, 1.54) is 25.8 Å². The van der Waals surface area contributed by atoms with E-state index in [2.05, 4.69) is 17.1 Å². The Bertz CT molecular complexity index is 676. The Balaban J connectivity index is 1.27. The van der Waals surface area contributed by atoms with Gasteiger partial charge in [-0.05, 0) is 56.2 Å². The summed E-state index contributed by atoms with van der Waals surface area (Å²) in [4.78, 5) is 17.1. The molecule has 0 spiro atoms. The number of rotatable bonds is 5.